The zero-order valence-corrected chi connectivity index (χ0v) is 12.9. The Balaban J connectivity index is 2.92. The van der Waals surface area contributed by atoms with Crippen molar-refractivity contribution in [2.45, 2.75) is 59.9 Å². The predicted molar refractivity (Wildman–Crippen MR) is 74.6 cm³/mol. The number of ether oxygens (including phenoxy) is 1. The molecular formula is C15H27NO3. The van der Waals surface area contributed by atoms with Gasteiger partial charge >= 0.3 is 5.97 Å². The molecule has 0 saturated carbocycles. The highest BCUT2D eigenvalue weighted by atomic mass is 16.5. The quantitative estimate of drug-likeness (QED) is 0.582. The van der Waals surface area contributed by atoms with E-state index in [0.717, 1.165) is 25.8 Å². The van der Waals surface area contributed by atoms with E-state index in [4.69, 9.17) is 4.74 Å². The van der Waals surface area contributed by atoms with Crippen molar-refractivity contribution in [1.82, 2.24) is 4.90 Å². The second kappa shape index (κ2) is 6.40. The van der Waals surface area contributed by atoms with Crippen LogP contribution in [0.1, 0.15) is 53.9 Å². The Morgan fingerprint density at radius 2 is 1.95 bits per heavy atom. The van der Waals surface area contributed by atoms with Crippen LogP contribution in [0.5, 0.6) is 0 Å². The van der Waals surface area contributed by atoms with E-state index < -0.39 is 11.3 Å². The maximum atomic E-state index is 12.7. The van der Waals surface area contributed by atoms with E-state index in [1.807, 2.05) is 25.7 Å². The lowest BCUT2D eigenvalue weighted by molar-refractivity contribution is -0.160. The molecule has 4 nitrogen and oxygen atoms in total. The lowest BCUT2D eigenvalue weighted by Gasteiger charge is -2.33. The summed E-state index contributed by atoms with van der Waals surface area (Å²) in [6.45, 7) is 10.7. The molecule has 1 rings (SSSR count). The minimum atomic E-state index is -0.695. The largest absolute Gasteiger partial charge is 0.465 e. The minimum absolute atomic E-state index is 0.0599. The van der Waals surface area contributed by atoms with Gasteiger partial charge in [-0.2, -0.15) is 0 Å². The molecule has 1 aliphatic rings. The van der Waals surface area contributed by atoms with Crippen molar-refractivity contribution in [2.75, 3.05) is 13.2 Å². The summed E-state index contributed by atoms with van der Waals surface area (Å²) >= 11 is 0. The molecule has 1 amide bonds. The summed E-state index contributed by atoms with van der Waals surface area (Å²) in [6.07, 6.45) is 3.03. The first-order chi connectivity index (χ1) is 8.82. The van der Waals surface area contributed by atoms with Gasteiger partial charge in [-0.25, -0.2) is 0 Å². The topological polar surface area (TPSA) is 46.6 Å². The molecule has 0 aliphatic carbocycles. The van der Waals surface area contributed by atoms with Crippen molar-refractivity contribution in [3.8, 4) is 0 Å². The standard InChI is InChI=1S/C15H27NO3/c1-6-11-9-8-10-16(11)13(17)12(15(3,4)5)14(18)19-7-2/h11-12H,6-10H2,1-5H3. The molecule has 110 valence electrons. The molecule has 0 radical (unpaired) electrons. The van der Waals surface area contributed by atoms with Gasteiger partial charge in [0.15, 0.2) is 0 Å². The summed E-state index contributed by atoms with van der Waals surface area (Å²) < 4.78 is 5.09. The predicted octanol–water partition coefficient (Wildman–Crippen LogP) is 2.61. The fourth-order valence-electron chi connectivity index (χ4n) is 2.77. The van der Waals surface area contributed by atoms with E-state index in [1.54, 1.807) is 6.92 Å². The van der Waals surface area contributed by atoms with Crippen LogP contribution < -0.4 is 0 Å². The summed E-state index contributed by atoms with van der Waals surface area (Å²) in [5, 5.41) is 0. The van der Waals surface area contributed by atoms with Crippen LogP contribution in [0, 0.1) is 11.3 Å². The first-order valence-corrected chi connectivity index (χ1v) is 7.30. The minimum Gasteiger partial charge on any atom is -0.465 e. The third-order valence-electron chi connectivity index (χ3n) is 3.77. The molecule has 0 aromatic rings. The number of carbonyl (C=O) groups excluding carboxylic acids is 2. The summed E-state index contributed by atoms with van der Waals surface area (Å²) in [4.78, 5) is 26.7. The first kappa shape index (κ1) is 16.0. The fourth-order valence-corrected chi connectivity index (χ4v) is 2.77. The van der Waals surface area contributed by atoms with Crippen LogP contribution in [0.2, 0.25) is 0 Å². The molecule has 1 heterocycles. The Labute approximate surface area is 116 Å². The Morgan fingerprint density at radius 3 is 2.42 bits per heavy atom. The van der Waals surface area contributed by atoms with E-state index >= 15 is 0 Å². The van der Waals surface area contributed by atoms with E-state index in [2.05, 4.69) is 6.92 Å². The average Bonchev–Trinajstić information content (AvgIpc) is 2.75. The van der Waals surface area contributed by atoms with Gasteiger partial charge in [0.25, 0.3) is 0 Å². The van der Waals surface area contributed by atoms with Gasteiger partial charge in [0, 0.05) is 12.6 Å². The molecule has 2 unspecified atom stereocenters. The van der Waals surface area contributed by atoms with Crippen molar-refractivity contribution in [3.63, 3.8) is 0 Å². The van der Waals surface area contributed by atoms with Gasteiger partial charge in [-0.1, -0.05) is 27.7 Å². The number of carbonyl (C=O) groups is 2. The summed E-state index contributed by atoms with van der Waals surface area (Å²) in [6, 6.07) is 0.284. The summed E-state index contributed by atoms with van der Waals surface area (Å²) in [5.74, 6) is -1.14. The number of hydrogen-bond acceptors (Lipinski definition) is 3. The Bertz CT molecular complexity index is 333. The third-order valence-corrected chi connectivity index (χ3v) is 3.77. The molecule has 2 atom stereocenters. The number of amides is 1. The molecule has 0 aromatic carbocycles. The molecule has 0 aromatic heterocycles. The smallest absolute Gasteiger partial charge is 0.319 e. The van der Waals surface area contributed by atoms with Crippen molar-refractivity contribution in [3.05, 3.63) is 0 Å². The van der Waals surface area contributed by atoms with Crippen molar-refractivity contribution in [2.24, 2.45) is 11.3 Å². The number of likely N-dealkylation sites (tertiary alicyclic amines) is 1. The molecular weight excluding hydrogens is 242 g/mol. The Kier molecular flexibility index (Phi) is 5.39. The van der Waals surface area contributed by atoms with Gasteiger partial charge in [0.1, 0.15) is 5.92 Å². The monoisotopic (exact) mass is 269 g/mol. The van der Waals surface area contributed by atoms with E-state index in [1.165, 1.54) is 0 Å². The number of hydrogen-bond donors (Lipinski definition) is 0. The van der Waals surface area contributed by atoms with Gasteiger partial charge in [-0.15, -0.1) is 0 Å². The SMILES string of the molecule is CCOC(=O)C(C(=O)N1CCCC1CC)C(C)(C)C. The van der Waals surface area contributed by atoms with Gasteiger partial charge < -0.3 is 9.64 Å². The highest BCUT2D eigenvalue weighted by molar-refractivity contribution is 5.98. The molecule has 0 bridgehead atoms. The van der Waals surface area contributed by atoms with Crippen LogP contribution in [0.3, 0.4) is 0 Å². The maximum absolute atomic E-state index is 12.7. The van der Waals surface area contributed by atoms with Crippen LogP contribution in [0.25, 0.3) is 0 Å². The fraction of sp³-hybridized carbons (Fsp3) is 0.867. The zero-order valence-electron chi connectivity index (χ0n) is 12.9. The average molecular weight is 269 g/mol. The summed E-state index contributed by atoms with van der Waals surface area (Å²) in [7, 11) is 0. The van der Waals surface area contributed by atoms with Crippen LogP contribution in [-0.4, -0.2) is 36.0 Å². The van der Waals surface area contributed by atoms with Crippen LogP contribution in [0.4, 0.5) is 0 Å². The second-order valence-corrected chi connectivity index (χ2v) is 6.29. The number of nitrogens with zero attached hydrogens (tertiary/aromatic N) is 1. The van der Waals surface area contributed by atoms with Crippen molar-refractivity contribution >= 4 is 11.9 Å². The third kappa shape index (κ3) is 3.71. The van der Waals surface area contributed by atoms with E-state index in [0.29, 0.717) is 6.61 Å². The zero-order chi connectivity index (χ0) is 14.6. The highest BCUT2D eigenvalue weighted by Gasteiger charge is 2.43. The van der Waals surface area contributed by atoms with Gasteiger partial charge in [-0.3, -0.25) is 9.59 Å². The van der Waals surface area contributed by atoms with Gasteiger partial charge in [-0.05, 0) is 31.6 Å². The number of esters is 1. The van der Waals surface area contributed by atoms with E-state index in [9.17, 15) is 9.59 Å². The molecule has 0 N–H and O–H groups in total. The lowest BCUT2D eigenvalue weighted by atomic mass is 9.79. The number of rotatable bonds is 4. The van der Waals surface area contributed by atoms with Crippen molar-refractivity contribution < 1.29 is 14.3 Å². The van der Waals surface area contributed by atoms with Gasteiger partial charge in [0.05, 0.1) is 6.61 Å². The van der Waals surface area contributed by atoms with Crippen molar-refractivity contribution in [1.29, 1.82) is 0 Å². The first-order valence-electron chi connectivity index (χ1n) is 7.30. The summed E-state index contributed by atoms with van der Waals surface area (Å²) in [5.41, 5.74) is -0.412. The van der Waals surface area contributed by atoms with Crippen LogP contribution in [0.15, 0.2) is 0 Å². The molecule has 1 aliphatic heterocycles. The Hall–Kier alpha value is -1.06. The van der Waals surface area contributed by atoms with Gasteiger partial charge in [0.2, 0.25) is 5.91 Å². The van der Waals surface area contributed by atoms with E-state index in [-0.39, 0.29) is 17.9 Å². The maximum Gasteiger partial charge on any atom is 0.319 e. The molecule has 1 fully saturated rings. The molecule has 1 saturated heterocycles. The Morgan fingerprint density at radius 1 is 1.32 bits per heavy atom. The molecule has 0 spiro atoms. The molecule has 4 heteroatoms. The molecule has 19 heavy (non-hydrogen) atoms. The normalized spacial score (nSPS) is 21.3. The lowest BCUT2D eigenvalue weighted by Crippen LogP contribution is -2.47. The highest BCUT2D eigenvalue weighted by Crippen LogP contribution is 2.32. The second-order valence-electron chi connectivity index (χ2n) is 6.29. The van der Waals surface area contributed by atoms with Crippen LogP contribution in [-0.2, 0) is 14.3 Å². The van der Waals surface area contributed by atoms with Crippen LogP contribution >= 0.6 is 0 Å².